The number of carbonyl (C=O) groups is 1. The van der Waals surface area contributed by atoms with E-state index in [0.717, 1.165) is 22.4 Å². The van der Waals surface area contributed by atoms with E-state index in [1.54, 1.807) is 104 Å². The van der Waals surface area contributed by atoms with Gasteiger partial charge in [-0.15, -0.1) is 0 Å². The lowest BCUT2D eigenvalue weighted by atomic mass is 10.0. The number of carbonyl (C=O) groups excluding carboxylic acids is 1. The molecule has 0 bridgehead atoms. The summed E-state index contributed by atoms with van der Waals surface area (Å²) in [6.45, 7) is 1.92. The molecule has 0 saturated carbocycles. The maximum absolute atomic E-state index is 13.1. The Kier molecular flexibility index (Phi) is 10.0. The Balaban J connectivity index is 0.923. The van der Waals surface area contributed by atoms with E-state index in [1.165, 1.54) is 0 Å². The maximum atomic E-state index is 13.1. The Morgan fingerprint density at radius 3 is 1.04 bits per heavy atom. The number of hydrogen-bond acceptors (Lipinski definition) is 7. The molecule has 0 N–H and O–H groups in total. The minimum atomic E-state index is -3.61. The molecule has 7 aromatic carbocycles. The van der Waals surface area contributed by atoms with Crippen molar-refractivity contribution in [3.8, 4) is 51.4 Å². The topological polar surface area (TPSA) is 88.1 Å². The van der Waals surface area contributed by atoms with Gasteiger partial charge in [-0.2, -0.15) is 0 Å². The minimum absolute atomic E-state index is 0.101. The summed E-state index contributed by atoms with van der Waals surface area (Å²) < 4.78 is 49.0. The SMILES string of the molecule is COc1ccc(Oc2ccc(C(=O)c3ccc(Oc4ccc(-c5ccc(Oc6ccc(S(=O)(=O)c7ccc(C)cc7)cc6)cc5)cc4)cc3)cc2)cc1. The van der Waals surface area contributed by atoms with Crippen molar-refractivity contribution in [2.45, 2.75) is 16.7 Å². The summed E-state index contributed by atoms with van der Waals surface area (Å²) in [4.78, 5) is 13.6. The van der Waals surface area contributed by atoms with E-state index in [4.69, 9.17) is 18.9 Å². The van der Waals surface area contributed by atoms with Crippen LogP contribution in [0.25, 0.3) is 11.1 Å². The molecule has 0 saturated heterocycles. The second-order valence-electron chi connectivity index (χ2n) is 12.2. The van der Waals surface area contributed by atoms with Crippen molar-refractivity contribution in [3.05, 3.63) is 187 Å². The van der Waals surface area contributed by atoms with E-state index in [-0.39, 0.29) is 15.6 Å². The summed E-state index contributed by atoms with van der Waals surface area (Å²) in [6.07, 6.45) is 0. The van der Waals surface area contributed by atoms with Gasteiger partial charge in [-0.1, -0.05) is 42.0 Å². The fraction of sp³-hybridized carbons (Fsp3) is 0.0444. The predicted octanol–water partition coefficient (Wildman–Crippen LogP) is 11.1. The van der Waals surface area contributed by atoms with Gasteiger partial charge < -0.3 is 18.9 Å². The monoisotopic (exact) mass is 718 g/mol. The molecule has 0 aliphatic carbocycles. The van der Waals surface area contributed by atoms with Gasteiger partial charge in [0.15, 0.2) is 5.78 Å². The molecule has 0 unspecified atom stereocenters. The highest BCUT2D eigenvalue weighted by atomic mass is 32.2. The van der Waals surface area contributed by atoms with Crippen LogP contribution in [0.4, 0.5) is 0 Å². The van der Waals surface area contributed by atoms with Crippen molar-refractivity contribution in [1.82, 2.24) is 0 Å². The van der Waals surface area contributed by atoms with Gasteiger partial charge in [0.05, 0.1) is 16.9 Å². The average Bonchev–Trinajstić information content (AvgIpc) is 3.19. The molecule has 7 nitrogen and oxygen atoms in total. The van der Waals surface area contributed by atoms with Crippen molar-refractivity contribution in [2.75, 3.05) is 7.11 Å². The van der Waals surface area contributed by atoms with Crippen LogP contribution in [-0.4, -0.2) is 21.3 Å². The van der Waals surface area contributed by atoms with Gasteiger partial charge in [-0.3, -0.25) is 4.79 Å². The first-order chi connectivity index (χ1) is 25.7. The number of hydrogen-bond donors (Lipinski definition) is 0. The molecule has 7 aromatic rings. The summed E-state index contributed by atoms with van der Waals surface area (Å²) in [7, 11) is -2.00. The molecule has 0 fully saturated rings. The summed E-state index contributed by atoms with van der Waals surface area (Å²) in [6, 6.07) is 49.9. The Bertz CT molecular complexity index is 2420. The first-order valence-electron chi connectivity index (χ1n) is 16.8. The van der Waals surface area contributed by atoms with Crippen LogP contribution in [0.2, 0.25) is 0 Å². The van der Waals surface area contributed by atoms with Crippen molar-refractivity contribution >= 4 is 15.6 Å². The van der Waals surface area contributed by atoms with Crippen molar-refractivity contribution in [2.24, 2.45) is 0 Å². The highest BCUT2D eigenvalue weighted by Gasteiger charge is 2.17. The lowest BCUT2D eigenvalue weighted by Gasteiger charge is -2.10. The third-order valence-corrected chi connectivity index (χ3v) is 10.3. The van der Waals surface area contributed by atoms with E-state index in [0.29, 0.717) is 45.6 Å². The van der Waals surface area contributed by atoms with Gasteiger partial charge in [0, 0.05) is 11.1 Å². The Morgan fingerprint density at radius 2 is 0.679 bits per heavy atom. The number of ether oxygens (including phenoxy) is 4. The third-order valence-electron chi connectivity index (χ3n) is 8.51. The first kappa shape index (κ1) is 34.8. The largest absolute Gasteiger partial charge is 0.497 e. The lowest BCUT2D eigenvalue weighted by Crippen LogP contribution is -2.01. The summed E-state index contributed by atoms with van der Waals surface area (Å²) in [5.41, 5.74) is 4.09. The van der Waals surface area contributed by atoms with Gasteiger partial charge in [0.1, 0.15) is 40.2 Å². The second kappa shape index (κ2) is 15.3. The zero-order chi connectivity index (χ0) is 36.8. The fourth-order valence-corrected chi connectivity index (χ4v) is 6.80. The van der Waals surface area contributed by atoms with Gasteiger partial charge in [0.25, 0.3) is 0 Å². The second-order valence-corrected chi connectivity index (χ2v) is 14.1. The van der Waals surface area contributed by atoms with Crippen LogP contribution in [-0.2, 0) is 9.84 Å². The van der Waals surface area contributed by atoms with Crippen LogP contribution in [0.3, 0.4) is 0 Å². The predicted molar refractivity (Wildman–Crippen MR) is 204 cm³/mol. The van der Waals surface area contributed by atoms with Crippen molar-refractivity contribution in [3.63, 3.8) is 0 Å². The highest BCUT2D eigenvalue weighted by Crippen LogP contribution is 2.31. The zero-order valence-electron chi connectivity index (χ0n) is 28.9. The quantitative estimate of drug-likeness (QED) is 0.116. The van der Waals surface area contributed by atoms with Crippen LogP contribution in [0.5, 0.6) is 40.2 Å². The fourth-order valence-electron chi connectivity index (χ4n) is 5.54. The van der Waals surface area contributed by atoms with Crippen LogP contribution < -0.4 is 18.9 Å². The average molecular weight is 719 g/mol. The van der Waals surface area contributed by atoms with Crippen LogP contribution >= 0.6 is 0 Å². The van der Waals surface area contributed by atoms with Gasteiger partial charge in [-0.25, -0.2) is 8.42 Å². The molecule has 0 aliphatic heterocycles. The Morgan fingerprint density at radius 1 is 0.396 bits per heavy atom. The van der Waals surface area contributed by atoms with Crippen molar-refractivity contribution in [1.29, 1.82) is 0 Å². The molecule has 0 aromatic heterocycles. The Hall–Kier alpha value is -6.64. The molecule has 0 atom stereocenters. The summed E-state index contributed by atoms with van der Waals surface area (Å²) in [5, 5.41) is 0. The van der Waals surface area contributed by atoms with Crippen LogP contribution in [0.1, 0.15) is 21.5 Å². The molecule has 7 rings (SSSR count). The summed E-state index contributed by atoms with van der Waals surface area (Å²) >= 11 is 0. The van der Waals surface area contributed by atoms with E-state index < -0.39 is 9.84 Å². The van der Waals surface area contributed by atoms with Gasteiger partial charge in [-0.05, 0) is 152 Å². The number of sulfone groups is 1. The van der Waals surface area contributed by atoms with Crippen LogP contribution in [0.15, 0.2) is 180 Å². The third kappa shape index (κ3) is 8.30. The number of ketones is 1. The molecule has 0 heterocycles. The molecule has 262 valence electrons. The molecule has 0 amide bonds. The van der Waals surface area contributed by atoms with E-state index in [9.17, 15) is 13.2 Å². The Labute approximate surface area is 308 Å². The number of benzene rings is 7. The van der Waals surface area contributed by atoms with Gasteiger partial charge in [0.2, 0.25) is 9.84 Å². The number of methoxy groups -OCH3 is 1. The molecule has 0 aliphatic rings. The summed E-state index contributed by atoms with van der Waals surface area (Å²) in [5.74, 6) is 4.38. The number of aryl methyl sites for hydroxylation is 1. The molecule has 0 radical (unpaired) electrons. The molecular weight excluding hydrogens is 685 g/mol. The van der Waals surface area contributed by atoms with E-state index >= 15 is 0 Å². The molecule has 53 heavy (non-hydrogen) atoms. The number of rotatable bonds is 12. The van der Waals surface area contributed by atoms with Gasteiger partial charge >= 0.3 is 0 Å². The normalized spacial score (nSPS) is 11.1. The zero-order valence-corrected chi connectivity index (χ0v) is 29.7. The smallest absolute Gasteiger partial charge is 0.206 e. The highest BCUT2D eigenvalue weighted by molar-refractivity contribution is 7.91. The van der Waals surface area contributed by atoms with Crippen LogP contribution in [0, 0.1) is 6.92 Å². The standard InChI is InChI=1S/C45H34O7S/c1-31-3-27-43(28-4-31)53(47,48)44-29-25-42(26-30-44)52-38-15-7-33(8-16-38)32-5-13-37(14-6-32)50-39-17-9-34(10-18-39)45(46)35-11-19-40(20-12-35)51-41-23-21-36(49-2)22-24-41/h3-30H,1-2H3. The molecular formula is C45H34O7S. The maximum Gasteiger partial charge on any atom is 0.206 e. The minimum Gasteiger partial charge on any atom is -0.497 e. The first-order valence-corrected chi connectivity index (χ1v) is 18.3. The molecule has 8 heteroatoms. The van der Waals surface area contributed by atoms with E-state index in [1.807, 2.05) is 79.7 Å². The van der Waals surface area contributed by atoms with Crippen molar-refractivity contribution < 1.29 is 32.2 Å². The molecule has 0 spiro atoms. The van der Waals surface area contributed by atoms with E-state index in [2.05, 4.69) is 0 Å². The lowest BCUT2D eigenvalue weighted by molar-refractivity contribution is 0.103.